The van der Waals surface area contributed by atoms with E-state index in [9.17, 15) is 19.3 Å². The molecule has 0 radical (unpaired) electrons. The molecule has 8 nitrogen and oxygen atoms in total. The number of rotatable bonds is 7. The smallest absolute Gasteiger partial charge is 0.270 e. The van der Waals surface area contributed by atoms with Crippen molar-refractivity contribution in [3.63, 3.8) is 0 Å². The number of anilines is 1. The van der Waals surface area contributed by atoms with Crippen LogP contribution in [0.5, 0.6) is 0 Å². The fourth-order valence-corrected chi connectivity index (χ4v) is 2.90. The van der Waals surface area contributed by atoms with Crippen LogP contribution >= 0.6 is 15.9 Å². The van der Waals surface area contributed by atoms with Crippen molar-refractivity contribution >= 4 is 39.4 Å². The van der Waals surface area contributed by atoms with Gasteiger partial charge < -0.3 is 9.73 Å². The molecule has 2 aromatic carbocycles. The first kappa shape index (κ1) is 20.2. The molecule has 0 spiro atoms. The van der Waals surface area contributed by atoms with Gasteiger partial charge in [0.2, 0.25) is 0 Å². The van der Waals surface area contributed by atoms with Gasteiger partial charge in [0.25, 0.3) is 11.6 Å². The summed E-state index contributed by atoms with van der Waals surface area (Å²) in [6.07, 6.45) is 1.33. The van der Waals surface area contributed by atoms with Gasteiger partial charge in [-0.05, 0) is 58.4 Å². The van der Waals surface area contributed by atoms with Gasteiger partial charge in [0, 0.05) is 27.9 Å². The second kappa shape index (κ2) is 9.11. The summed E-state index contributed by atoms with van der Waals surface area (Å²) in [6.45, 7) is -0.0396. The van der Waals surface area contributed by atoms with E-state index in [1.54, 1.807) is 18.2 Å². The van der Waals surface area contributed by atoms with E-state index in [2.05, 4.69) is 31.8 Å². The van der Waals surface area contributed by atoms with Crippen LogP contribution in [0, 0.1) is 15.9 Å². The molecule has 3 rings (SSSR count). The predicted molar refractivity (Wildman–Crippen MR) is 109 cm³/mol. The fraction of sp³-hybridized carbons (Fsp3) is 0.0526. The molecule has 0 unspecified atom stereocenters. The summed E-state index contributed by atoms with van der Waals surface area (Å²) in [4.78, 5) is 22.1. The number of benzene rings is 2. The number of carbonyl (C=O) groups is 1. The molecule has 0 saturated heterocycles. The summed E-state index contributed by atoms with van der Waals surface area (Å²) in [5, 5.41) is 17.5. The Hall–Kier alpha value is -3.53. The number of non-ortho nitro benzene ring substituents is 1. The van der Waals surface area contributed by atoms with E-state index < -0.39 is 10.8 Å². The molecule has 3 aromatic rings. The van der Waals surface area contributed by atoms with Crippen LogP contribution in [0.4, 0.5) is 15.8 Å². The van der Waals surface area contributed by atoms with E-state index in [-0.39, 0.29) is 18.0 Å². The van der Waals surface area contributed by atoms with Gasteiger partial charge in [0.15, 0.2) is 0 Å². The van der Waals surface area contributed by atoms with Crippen molar-refractivity contribution in [3.8, 4) is 11.3 Å². The van der Waals surface area contributed by atoms with Crippen LogP contribution in [0.2, 0.25) is 0 Å². The van der Waals surface area contributed by atoms with Crippen molar-refractivity contribution in [2.75, 3.05) is 11.9 Å². The standard InChI is InChI=1S/C19H14BrFN4O4/c20-17-9-14(25(27)28)5-7-16(17)18-8-6-15(29-18)10-23-24-19(26)11-22-13-3-1-12(21)2-4-13/h1-10,22H,11H2,(H,24,26)/b23-10-. The quantitative estimate of drug-likeness (QED) is 0.310. The van der Waals surface area contributed by atoms with Crippen molar-refractivity contribution in [2.24, 2.45) is 5.10 Å². The van der Waals surface area contributed by atoms with E-state index in [0.29, 0.717) is 27.2 Å². The number of hydrogen-bond acceptors (Lipinski definition) is 6. The molecule has 1 heterocycles. The Balaban J connectivity index is 1.55. The number of nitrogens with zero attached hydrogens (tertiary/aromatic N) is 2. The van der Waals surface area contributed by atoms with Crippen LogP contribution in [-0.4, -0.2) is 23.6 Å². The molecular weight excluding hydrogens is 447 g/mol. The highest BCUT2D eigenvalue weighted by atomic mass is 79.9. The van der Waals surface area contributed by atoms with Crippen LogP contribution in [0.1, 0.15) is 5.76 Å². The first-order chi connectivity index (χ1) is 13.9. The Kier molecular flexibility index (Phi) is 6.35. The van der Waals surface area contributed by atoms with Gasteiger partial charge in [-0.15, -0.1) is 0 Å². The third-order valence-electron chi connectivity index (χ3n) is 3.73. The normalized spacial score (nSPS) is 10.8. The zero-order chi connectivity index (χ0) is 20.8. The van der Waals surface area contributed by atoms with Crippen LogP contribution in [0.15, 0.2) is 68.6 Å². The summed E-state index contributed by atoms with van der Waals surface area (Å²) in [6, 6.07) is 13.3. The van der Waals surface area contributed by atoms with Crippen LogP contribution in [0.3, 0.4) is 0 Å². The molecule has 0 saturated carbocycles. The number of amides is 1. The summed E-state index contributed by atoms with van der Waals surface area (Å²) < 4.78 is 19.0. The fourth-order valence-electron chi connectivity index (χ4n) is 2.34. The zero-order valence-corrected chi connectivity index (χ0v) is 16.3. The number of furan rings is 1. The average Bonchev–Trinajstić information content (AvgIpc) is 3.16. The molecular formula is C19H14BrFN4O4. The highest BCUT2D eigenvalue weighted by Crippen LogP contribution is 2.32. The monoisotopic (exact) mass is 460 g/mol. The lowest BCUT2D eigenvalue weighted by atomic mass is 10.1. The first-order valence-electron chi connectivity index (χ1n) is 8.28. The Bertz CT molecular complexity index is 1070. The Morgan fingerprint density at radius 3 is 2.66 bits per heavy atom. The van der Waals surface area contributed by atoms with Gasteiger partial charge in [-0.3, -0.25) is 14.9 Å². The predicted octanol–water partition coefficient (Wildman–Crippen LogP) is 4.32. The van der Waals surface area contributed by atoms with Crippen LogP contribution in [0.25, 0.3) is 11.3 Å². The summed E-state index contributed by atoms with van der Waals surface area (Å²) in [5.41, 5.74) is 3.55. The number of nitro benzene ring substituents is 1. The molecule has 0 atom stereocenters. The molecule has 29 heavy (non-hydrogen) atoms. The molecule has 0 fully saturated rings. The van der Waals surface area contributed by atoms with E-state index in [0.717, 1.165) is 0 Å². The molecule has 0 aliphatic rings. The lowest BCUT2D eigenvalue weighted by Crippen LogP contribution is -2.25. The largest absolute Gasteiger partial charge is 0.455 e. The minimum atomic E-state index is -0.484. The molecule has 0 aliphatic carbocycles. The third kappa shape index (κ3) is 5.48. The van der Waals surface area contributed by atoms with Gasteiger partial charge in [-0.1, -0.05) is 0 Å². The first-order valence-corrected chi connectivity index (χ1v) is 9.07. The number of hydrogen-bond donors (Lipinski definition) is 2. The second-order valence-electron chi connectivity index (χ2n) is 5.78. The van der Waals surface area contributed by atoms with Gasteiger partial charge in [0.1, 0.15) is 17.3 Å². The minimum absolute atomic E-state index is 0.0362. The Morgan fingerprint density at radius 1 is 1.21 bits per heavy atom. The number of nitro groups is 1. The van der Waals surface area contributed by atoms with Crippen molar-refractivity contribution in [3.05, 3.63) is 80.8 Å². The maximum Gasteiger partial charge on any atom is 0.270 e. The molecule has 0 bridgehead atoms. The molecule has 10 heteroatoms. The van der Waals surface area contributed by atoms with Crippen LogP contribution < -0.4 is 10.7 Å². The Morgan fingerprint density at radius 2 is 1.97 bits per heavy atom. The van der Waals surface area contributed by atoms with Crippen molar-refractivity contribution in [1.82, 2.24) is 5.43 Å². The maximum atomic E-state index is 12.8. The van der Waals surface area contributed by atoms with E-state index in [4.69, 9.17) is 4.42 Å². The number of nitrogens with one attached hydrogen (secondary N) is 2. The molecule has 148 valence electrons. The number of halogens is 2. The topological polar surface area (TPSA) is 110 Å². The lowest BCUT2D eigenvalue weighted by Gasteiger charge is -2.04. The van der Waals surface area contributed by atoms with Gasteiger partial charge in [-0.2, -0.15) is 5.10 Å². The van der Waals surface area contributed by atoms with E-state index >= 15 is 0 Å². The van der Waals surface area contributed by atoms with Crippen molar-refractivity contribution in [1.29, 1.82) is 0 Å². The maximum absolute atomic E-state index is 12.8. The molecule has 1 aromatic heterocycles. The van der Waals surface area contributed by atoms with Crippen molar-refractivity contribution in [2.45, 2.75) is 0 Å². The van der Waals surface area contributed by atoms with E-state index in [1.165, 1.54) is 42.6 Å². The third-order valence-corrected chi connectivity index (χ3v) is 4.39. The van der Waals surface area contributed by atoms with Gasteiger partial charge in [-0.25, -0.2) is 9.82 Å². The van der Waals surface area contributed by atoms with Gasteiger partial charge >= 0.3 is 0 Å². The average molecular weight is 461 g/mol. The SMILES string of the molecule is O=C(CNc1ccc(F)cc1)N/N=C\c1ccc(-c2ccc([N+](=O)[O-])cc2Br)o1. The van der Waals surface area contributed by atoms with Crippen molar-refractivity contribution < 1.29 is 18.5 Å². The summed E-state index contributed by atoms with van der Waals surface area (Å²) in [5.74, 6) is 0.119. The number of hydrazone groups is 1. The van der Waals surface area contributed by atoms with Crippen LogP contribution in [-0.2, 0) is 4.79 Å². The Labute approximate surface area is 172 Å². The lowest BCUT2D eigenvalue weighted by molar-refractivity contribution is -0.384. The number of carbonyl (C=O) groups excluding carboxylic acids is 1. The highest BCUT2D eigenvalue weighted by molar-refractivity contribution is 9.10. The second-order valence-corrected chi connectivity index (χ2v) is 6.63. The van der Waals surface area contributed by atoms with Gasteiger partial charge in [0.05, 0.1) is 17.7 Å². The summed E-state index contributed by atoms with van der Waals surface area (Å²) >= 11 is 3.29. The summed E-state index contributed by atoms with van der Waals surface area (Å²) in [7, 11) is 0. The molecule has 1 amide bonds. The zero-order valence-electron chi connectivity index (χ0n) is 14.8. The molecule has 0 aliphatic heterocycles. The highest BCUT2D eigenvalue weighted by Gasteiger charge is 2.13. The van der Waals surface area contributed by atoms with E-state index in [1.807, 2.05) is 0 Å². The minimum Gasteiger partial charge on any atom is -0.455 e. The molecule has 2 N–H and O–H groups in total.